The van der Waals surface area contributed by atoms with Crippen LogP contribution in [-0.2, 0) is 9.59 Å². The highest BCUT2D eigenvalue weighted by Crippen LogP contribution is 2.44. The van der Waals surface area contributed by atoms with Crippen molar-refractivity contribution >= 4 is 50.7 Å². The quantitative estimate of drug-likeness (QED) is 0.374. The molecule has 11 nitrogen and oxygen atoms in total. The van der Waals surface area contributed by atoms with E-state index >= 15 is 0 Å². The Kier molecular flexibility index (Phi) is 4.47. The number of imide groups is 1. The summed E-state index contributed by atoms with van der Waals surface area (Å²) in [4.78, 5) is 35.6. The first-order valence-electron chi connectivity index (χ1n) is 8.43. The minimum Gasteiger partial charge on any atom is -0.494 e. The Morgan fingerprint density at radius 3 is 2.79 bits per heavy atom. The minimum atomic E-state index is -0.968. The van der Waals surface area contributed by atoms with E-state index in [2.05, 4.69) is 19.9 Å². The van der Waals surface area contributed by atoms with Gasteiger partial charge in [-0.05, 0) is 30.1 Å². The number of nitrogens with two attached hydrogens (primary N) is 1. The summed E-state index contributed by atoms with van der Waals surface area (Å²) in [6.07, 6.45) is 0.189. The summed E-state index contributed by atoms with van der Waals surface area (Å²) >= 11 is 0.948. The highest BCUT2D eigenvalue weighted by atomic mass is 32.1. The molecular weight excluding hydrogens is 400 g/mol. The lowest BCUT2D eigenvalue weighted by molar-refractivity contribution is -0.135. The van der Waals surface area contributed by atoms with Crippen LogP contribution in [-0.4, -0.2) is 36.9 Å². The van der Waals surface area contributed by atoms with Gasteiger partial charge in [0, 0.05) is 17.9 Å². The number of amides is 3. The predicted octanol–water partition coefficient (Wildman–Crippen LogP) is 1.99. The number of rotatable bonds is 3. The largest absolute Gasteiger partial charge is 0.494 e. The summed E-state index contributed by atoms with van der Waals surface area (Å²) in [5.41, 5.74) is 5.69. The molecule has 29 heavy (non-hydrogen) atoms. The monoisotopic (exact) mass is 414 g/mol. The van der Waals surface area contributed by atoms with Crippen LogP contribution in [0.5, 0.6) is 11.8 Å². The molecule has 1 fully saturated rings. The number of aromatic hydroxyl groups is 2. The number of nitrogens with one attached hydrogen (secondary N) is 1. The average molecular weight is 414 g/mol. The molecule has 12 heteroatoms. The number of nitrogen functional groups attached to an aromatic ring is 1. The molecular formula is C17H14N6O5S. The highest BCUT2D eigenvalue weighted by molar-refractivity contribution is 7.10. The fraction of sp³-hybridized carbons (Fsp3) is 0.176. The third kappa shape index (κ3) is 3.18. The lowest BCUT2D eigenvalue weighted by Crippen LogP contribution is -2.41. The number of azo groups is 1. The molecule has 2 aromatic heterocycles. The molecule has 0 aliphatic carbocycles. The number of piperidine rings is 1. The van der Waals surface area contributed by atoms with Crippen LogP contribution in [0.25, 0.3) is 10.8 Å². The molecule has 0 bridgehead atoms. The fourth-order valence-corrected chi connectivity index (χ4v) is 3.66. The second-order valence-corrected chi connectivity index (χ2v) is 7.14. The van der Waals surface area contributed by atoms with Crippen LogP contribution >= 0.6 is 11.5 Å². The molecule has 1 saturated heterocycles. The summed E-state index contributed by atoms with van der Waals surface area (Å²) in [5.74, 6) is -2.55. The van der Waals surface area contributed by atoms with Crippen LogP contribution < -0.4 is 11.1 Å². The third-order valence-corrected chi connectivity index (χ3v) is 5.10. The first kappa shape index (κ1) is 18.6. The standard InChI is InChI=1S/C17H14N6O5S/c18-11-6-9(22-29-11)14(25)21-20-8-3-1-2-7-13(8)17(28)23(16(7)27)10-4-5-12(24)19-15(10)26/h1-3,6,10,27-28H,4-5,18H2,(H,19,24,26). The van der Waals surface area contributed by atoms with E-state index in [4.69, 9.17) is 5.73 Å². The van der Waals surface area contributed by atoms with E-state index in [1.54, 1.807) is 6.07 Å². The molecule has 1 aliphatic heterocycles. The maximum atomic E-state index is 12.2. The molecule has 0 spiro atoms. The van der Waals surface area contributed by atoms with Gasteiger partial charge in [0.2, 0.25) is 23.6 Å². The Morgan fingerprint density at radius 1 is 1.31 bits per heavy atom. The Bertz CT molecular complexity index is 1200. The number of hydrogen-bond donors (Lipinski definition) is 4. The van der Waals surface area contributed by atoms with Gasteiger partial charge >= 0.3 is 5.91 Å². The Balaban J connectivity index is 1.75. The van der Waals surface area contributed by atoms with Crippen LogP contribution in [0.2, 0.25) is 0 Å². The van der Waals surface area contributed by atoms with Crippen molar-refractivity contribution in [3.05, 3.63) is 30.0 Å². The molecule has 1 aromatic carbocycles. The lowest BCUT2D eigenvalue weighted by Gasteiger charge is -2.23. The maximum Gasteiger partial charge on any atom is 0.315 e. The Morgan fingerprint density at radius 2 is 2.10 bits per heavy atom. The zero-order chi connectivity index (χ0) is 20.7. The maximum absolute atomic E-state index is 12.2. The minimum absolute atomic E-state index is 0.0385. The van der Waals surface area contributed by atoms with Gasteiger partial charge in [0.15, 0.2) is 0 Å². The smallest absolute Gasteiger partial charge is 0.315 e. The molecule has 1 aliphatic rings. The zero-order valence-corrected chi connectivity index (χ0v) is 15.5. The number of nitrogens with zero attached hydrogens (tertiary/aromatic N) is 4. The first-order chi connectivity index (χ1) is 13.9. The van der Waals surface area contributed by atoms with Crippen molar-refractivity contribution in [2.45, 2.75) is 18.9 Å². The van der Waals surface area contributed by atoms with Gasteiger partial charge in [-0.2, -0.15) is 4.37 Å². The topological polar surface area (TPSA) is 172 Å². The number of benzene rings is 1. The number of aromatic nitrogens is 2. The number of fused-ring (bicyclic) bond motifs is 1. The molecule has 0 saturated carbocycles. The van der Waals surface area contributed by atoms with Crippen molar-refractivity contribution in [1.82, 2.24) is 14.3 Å². The molecule has 1 atom stereocenters. The lowest BCUT2D eigenvalue weighted by atomic mass is 10.1. The van der Waals surface area contributed by atoms with Crippen LogP contribution in [0.4, 0.5) is 10.7 Å². The average Bonchev–Trinajstić information content (AvgIpc) is 3.23. The summed E-state index contributed by atoms with van der Waals surface area (Å²) in [6, 6.07) is 4.97. The summed E-state index contributed by atoms with van der Waals surface area (Å²) in [5, 5.41) is 31.6. The van der Waals surface area contributed by atoms with Gasteiger partial charge in [-0.1, -0.05) is 6.07 Å². The van der Waals surface area contributed by atoms with Gasteiger partial charge in [0.05, 0.1) is 11.1 Å². The van der Waals surface area contributed by atoms with Gasteiger partial charge < -0.3 is 15.9 Å². The summed E-state index contributed by atoms with van der Waals surface area (Å²) < 4.78 is 4.89. The van der Waals surface area contributed by atoms with Gasteiger partial charge in [-0.15, -0.1) is 10.2 Å². The molecule has 4 rings (SSSR count). The highest BCUT2D eigenvalue weighted by Gasteiger charge is 2.33. The Hall–Kier alpha value is -3.80. The predicted molar refractivity (Wildman–Crippen MR) is 102 cm³/mol. The van der Waals surface area contributed by atoms with E-state index in [1.807, 2.05) is 0 Å². The zero-order valence-electron chi connectivity index (χ0n) is 14.7. The van der Waals surface area contributed by atoms with Crippen molar-refractivity contribution in [1.29, 1.82) is 0 Å². The van der Waals surface area contributed by atoms with Crippen LogP contribution in [0.1, 0.15) is 29.4 Å². The molecule has 3 amide bonds. The molecule has 0 radical (unpaired) electrons. The van der Waals surface area contributed by atoms with Crippen molar-refractivity contribution < 1.29 is 24.6 Å². The second-order valence-electron chi connectivity index (χ2n) is 6.30. The third-order valence-electron chi connectivity index (χ3n) is 4.48. The molecule has 1 unspecified atom stereocenters. The van der Waals surface area contributed by atoms with Crippen LogP contribution in [0.3, 0.4) is 0 Å². The van der Waals surface area contributed by atoms with Crippen LogP contribution in [0, 0.1) is 0 Å². The molecule has 3 aromatic rings. The molecule has 3 heterocycles. The number of carbonyl (C=O) groups is 3. The fourth-order valence-electron chi connectivity index (χ4n) is 3.16. The van der Waals surface area contributed by atoms with Crippen LogP contribution in [0.15, 0.2) is 34.5 Å². The normalized spacial score (nSPS) is 17.2. The van der Waals surface area contributed by atoms with Crippen molar-refractivity contribution in [3.8, 4) is 11.8 Å². The van der Waals surface area contributed by atoms with Crippen molar-refractivity contribution in [2.24, 2.45) is 10.2 Å². The van der Waals surface area contributed by atoms with E-state index in [0.29, 0.717) is 5.00 Å². The number of hydrogen-bond acceptors (Lipinski definition) is 9. The van der Waals surface area contributed by atoms with E-state index in [1.165, 1.54) is 18.2 Å². The van der Waals surface area contributed by atoms with Gasteiger partial charge in [0.25, 0.3) is 0 Å². The Labute approximate surface area is 166 Å². The van der Waals surface area contributed by atoms with Crippen molar-refractivity contribution in [2.75, 3.05) is 5.73 Å². The van der Waals surface area contributed by atoms with E-state index in [-0.39, 0.29) is 40.9 Å². The van der Waals surface area contributed by atoms with E-state index in [0.717, 1.165) is 16.1 Å². The van der Waals surface area contributed by atoms with Gasteiger partial charge in [-0.25, -0.2) is 0 Å². The first-order valence-corrected chi connectivity index (χ1v) is 9.21. The SMILES string of the molecule is Nc1cc(C(=O)N=Nc2cccc3c(O)n(C4CCC(=O)NC4=O)c(O)c23)ns1. The number of carbonyl (C=O) groups excluding carboxylic acids is 3. The molecule has 5 N–H and O–H groups in total. The second kappa shape index (κ2) is 6.98. The number of anilines is 1. The summed E-state index contributed by atoms with van der Waals surface area (Å²) in [7, 11) is 0. The summed E-state index contributed by atoms with van der Waals surface area (Å²) in [6.45, 7) is 0. The van der Waals surface area contributed by atoms with E-state index in [9.17, 15) is 24.6 Å². The molecule has 148 valence electrons. The van der Waals surface area contributed by atoms with Gasteiger partial charge in [0.1, 0.15) is 16.7 Å². The van der Waals surface area contributed by atoms with E-state index < -0.39 is 29.6 Å². The van der Waals surface area contributed by atoms with Crippen molar-refractivity contribution in [3.63, 3.8) is 0 Å². The van der Waals surface area contributed by atoms with Gasteiger partial charge in [-0.3, -0.25) is 24.3 Å².